The Hall–Kier alpha value is -3.29. The number of nitrogens with one attached hydrogen (secondary N) is 1. The Morgan fingerprint density at radius 3 is 2.10 bits per heavy atom. The van der Waals surface area contributed by atoms with E-state index in [1.54, 1.807) is 17.0 Å². The topological polar surface area (TPSA) is 77.1 Å². The molecule has 0 atom stereocenters. The maximum absolute atomic E-state index is 13.0. The molecule has 1 saturated heterocycles. The number of rotatable bonds is 7. The minimum atomic E-state index is -0.379. The first-order valence-electron chi connectivity index (χ1n) is 10.1. The Labute approximate surface area is 181 Å². The average Bonchev–Trinajstić information content (AvgIpc) is 2.79. The highest BCUT2D eigenvalue weighted by Gasteiger charge is 2.25. The number of ether oxygens (including phenoxy) is 3. The van der Waals surface area contributed by atoms with Gasteiger partial charge in [-0.3, -0.25) is 9.59 Å². The Bertz CT molecular complexity index is 899. The van der Waals surface area contributed by atoms with Crippen LogP contribution in [0.15, 0.2) is 36.4 Å². The van der Waals surface area contributed by atoms with Gasteiger partial charge in [0.2, 0.25) is 11.7 Å². The van der Waals surface area contributed by atoms with Crippen LogP contribution in [0.25, 0.3) is 0 Å². The first-order chi connectivity index (χ1) is 14.9. The lowest BCUT2D eigenvalue weighted by Gasteiger charge is -2.32. The minimum absolute atomic E-state index is 0.00224. The Kier molecular flexibility index (Phi) is 7.33. The fourth-order valence-corrected chi connectivity index (χ4v) is 3.67. The van der Waals surface area contributed by atoms with Gasteiger partial charge in [0, 0.05) is 24.7 Å². The van der Waals surface area contributed by atoms with Gasteiger partial charge in [-0.1, -0.05) is 0 Å². The van der Waals surface area contributed by atoms with Crippen molar-refractivity contribution in [3.63, 3.8) is 0 Å². The number of piperidine rings is 1. The molecule has 166 valence electrons. The molecule has 31 heavy (non-hydrogen) atoms. The van der Waals surface area contributed by atoms with E-state index in [1.807, 2.05) is 0 Å². The van der Waals surface area contributed by atoms with Crippen molar-refractivity contribution in [2.24, 2.45) is 0 Å². The van der Waals surface area contributed by atoms with Gasteiger partial charge in [0.1, 0.15) is 5.82 Å². The first-order valence-corrected chi connectivity index (χ1v) is 10.1. The van der Waals surface area contributed by atoms with Crippen molar-refractivity contribution in [2.45, 2.75) is 25.3 Å². The molecule has 3 rings (SSSR count). The molecule has 0 radical (unpaired) electrons. The quantitative estimate of drug-likeness (QED) is 0.731. The molecule has 0 saturated carbocycles. The zero-order valence-electron chi connectivity index (χ0n) is 17.9. The maximum atomic E-state index is 13.0. The molecular formula is C23H27FN2O5. The smallest absolute Gasteiger partial charge is 0.251 e. The molecule has 1 fully saturated rings. The van der Waals surface area contributed by atoms with Gasteiger partial charge in [0.05, 0.1) is 27.8 Å². The highest BCUT2D eigenvalue weighted by atomic mass is 19.1. The second kappa shape index (κ2) is 10.1. The van der Waals surface area contributed by atoms with Gasteiger partial charge < -0.3 is 24.4 Å². The number of hydrogen-bond acceptors (Lipinski definition) is 5. The van der Waals surface area contributed by atoms with Gasteiger partial charge >= 0.3 is 0 Å². The molecule has 0 aliphatic carbocycles. The number of halogens is 1. The van der Waals surface area contributed by atoms with Crippen LogP contribution in [0.1, 0.15) is 28.8 Å². The third-order valence-electron chi connectivity index (χ3n) is 5.37. The third kappa shape index (κ3) is 5.45. The molecule has 2 aromatic rings. The summed E-state index contributed by atoms with van der Waals surface area (Å²) < 4.78 is 29.0. The maximum Gasteiger partial charge on any atom is 0.251 e. The average molecular weight is 430 g/mol. The molecule has 1 aliphatic rings. The predicted octanol–water partition coefficient (Wildman–Crippen LogP) is 2.82. The van der Waals surface area contributed by atoms with Crippen LogP contribution in [0.3, 0.4) is 0 Å². The van der Waals surface area contributed by atoms with Crippen molar-refractivity contribution in [3.05, 3.63) is 53.3 Å². The zero-order chi connectivity index (χ0) is 22.4. The summed E-state index contributed by atoms with van der Waals surface area (Å²) in [5.41, 5.74) is 1.19. The van der Waals surface area contributed by atoms with Gasteiger partial charge in [0.25, 0.3) is 5.91 Å². The second-order valence-electron chi connectivity index (χ2n) is 7.35. The van der Waals surface area contributed by atoms with E-state index in [1.165, 1.54) is 45.6 Å². The van der Waals surface area contributed by atoms with Gasteiger partial charge in [0.15, 0.2) is 11.5 Å². The van der Waals surface area contributed by atoms with Crippen molar-refractivity contribution in [1.29, 1.82) is 0 Å². The number of carbonyl (C=O) groups excluding carboxylic acids is 2. The van der Waals surface area contributed by atoms with E-state index in [9.17, 15) is 14.0 Å². The number of amides is 2. The molecule has 1 heterocycles. The van der Waals surface area contributed by atoms with Crippen LogP contribution in [0.4, 0.5) is 4.39 Å². The monoisotopic (exact) mass is 430 g/mol. The standard InChI is InChI=1S/C23H27FN2O5/c1-29-19-12-15(13-20(30-2)22(19)31-3)14-21(27)26-10-8-18(9-11-26)25-23(28)16-4-6-17(24)7-5-16/h4-7,12-13,18H,8-11,14H2,1-3H3,(H,25,28). The summed E-state index contributed by atoms with van der Waals surface area (Å²) in [6.07, 6.45) is 1.53. The summed E-state index contributed by atoms with van der Waals surface area (Å²) in [5.74, 6) is 0.882. The molecule has 8 heteroatoms. The molecule has 7 nitrogen and oxygen atoms in total. The summed E-state index contributed by atoms with van der Waals surface area (Å²) in [5, 5.41) is 2.96. The number of methoxy groups -OCH3 is 3. The molecule has 2 amide bonds. The van der Waals surface area contributed by atoms with Crippen LogP contribution in [-0.2, 0) is 11.2 Å². The lowest BCUT2D eigenvalue weighted by atomic mass is 10.0. The fourth-order valence-electron chi connectivity index (χ4n) is 3.67. The van der Waals surface area contributed by atoms with Gasteiger partial charge in [-0.2, -0.15) is 0 Å². The number of hydrogen-bond donors (Lipinski definition) is 1. The van der Waals surface area contributed by atoms with E-state index in [-0.39, 0.29) is 30.1 Å². The number of likely N-dealkylation sites (tertiary alicyclic amines) is 1. The normalized spacial score (nSPS) is 14.1. The Morgan fingerprint density at radius 2 is 1.58 bits per heavy atom. The van der Waals surface area contributed by atoms with E-state index < -0.39 is 0 Å². The van der Waals surface area contributed by atoms with E-state index in [0.717, 1.165) is 5.56 Å². The summed E-state index contributed by atoms with van der Waals surface area (Å²) in [6, 6.07) is 8.96. The molecule has 1 aliphatic heterocycles. The molecular weight excluding hydrogens is 403 g/mol. The lowest BCUT2D eigenvalue weighted by molar-refractivity contribution is -0.131. The number of nitrogens with zero attached hydrogens (tertiary/aromatic N) is 1. The Balaban J connectivity index is 1.55. The summed E-state index contributed by atoms with van der Waals surface area (Å²) in [6.45, 7) is 1.11. The summed E-state index contributed by atoms with van der Waals surface area (Å²) >= 11 is 0. The highest BCUT2D eigenvalue weighted by molar-refractivity contribution is 5.94. The van der Waals surface area contributed by atoms with E-state index in [4.69, 9.17) is 14.2 Å². The van der Waals surface area contributed by atoms with Crippen molar-refractivity contribution >= 4 is 11.8 Å². The molecule has 0 unspecified atom stereocenters. The zero-order valence-corrected chi connectivity index (χ0v) is 17.9. The van der Waals surface area contributed by atoms with E-state index in [2.05, 4.69) is 5.32 Å². The van der Waals surface area contributed by atoms with Gasteiger partial charge in [-0.15, -0.1) is 0 Å². The number of benzene rings is 2. The Morgan fingerprint density at radius 1 is 1.00 bits per heavy atom. The minimum Gasteiger partial charge on any atom is -0.493 e. The SMILES string of the molecule is COc1cc(CC(=O)N2CCC(NC(=O)c3ccc(F)cc3)CC2)cc(OC)c1OC. The van der Waals surface area contributed by atoms with Crippen molar-refractivity contribution in [1.82, 2.24) is 10.2 Å². The van der Waals surface area contributed by atoms with Crippen LogP contribution < -0.4 is 19.5 Å². The van der Waals surface area contributed by atoms with Gasteiger partial charge in [-0.05, 0) is 54.8 Å². The van der Waals surface area contributed by atoms with Crippen LogP contribution in [0, 0.1) is 5.82 Å². The van der Waals surface area contributed by atoms with Crippen LogP contribution in [-0.4, -0.2) is 57.2 Å². The van der Waals surface area contributed by atoms with Crippen LogP contribution in [0.5, 0.6) is 17.2 Å². The van der Waals surface area contributed by atoms with E-state index >= 15 is 0 Å². The molecule has 0 bridgehead atoms. The molecule has 0 spiro atoms. The van der Waals surface area contributed by atoms with Crippen LogP contribution in [0.2, 0.25) is 0 Å². The van der Waals surface area contributed by atoms with Crippen molar-refractivity contribution in [3.8, 4) is 17.2 Å². The lowest BCUT2D eigenvalue weighted by Crippen LogP contribution is -2.47. The van der Waals surface area contributed by atoms with E-state index in [0.29, 0.717) is 48.7 Å². The second-order valence-corrected chi connectivity index (χ2v) is 7.35. The van der Waals surface area contributed by atoms with Gasteiger partial charge in [-0.25, -0.2) is 4.39 Å². The number of carbonyl (C=O) groups is 2. The fraction of sp³-hybridized carbons (Fsp3) is 0.391. The molecule has 0 aromatic heterocycles. The third-order valence-corrected chi connectivity index (χ3v) is 5.37. The highest BCUT2D eigenvalue weighted by Crippen LogP contribution is 2.38. The largest absolute Gasteiger partial charge is 0.493 e. The molecule has 2 aromatic carbocycles. The predicted molar refractivity (Wildman–Crippen MR) is 113 cm³/mol. The molecule has 1 N–H and O–H groups in total. The van der Waals surface area contributed by atoms with Crippen molar-refractivity contribution < 1.29 is 28.2 Å². The summed E-state index contributed by atoms with van der Waals surface area (Å²) in [7, 11) is 4.60. The van der Waals surface area contributed by atoms with Crippen molar-refractivity contribution in [2.75, 3.05) is 34.4 Å². The first kappa shape index (κ1) is 22.4. The van der Waals surface area contributed by atoms with Crippen LogP contribution >= 0.6 is 0 Å². The summed E-state index contributed by atoms with van der Waals surface area (Å²) in [4.78, 5) is 26.9.